The minimum absolute atomic E-state index is 0.124. The first-order valence-corrected chi connectivity index (χ1v) is 6.19. The number of aliphatic hydroxyl groups is 1. The molecule has 0 radical (unpaired) electrons. The molecule has 3 unspecified atom stereocenters. The molecule has 0 amide bonds. The van der Waals surface area contributed by atoms with Gasteiger partial charge in [0.2, 0.25) is 0 Å². The van der Waals surface area contributed by atoms with Crippen LogP contribution in [0, 0.1) is 11.8 Å². The average molecular weight is 262 g/mol. The maximum atomic E-state index is 13.7. The molecule has 1 N–H and O–H groups in total. The maximum absolute atomic E-state index is 13.7. The van der Waals surface area contributed by atoms with Crippen LogP contribution in [0.5, 0.6) is 0 Å². The number of carbonyl (C=O) groups excluding carboxylic acids is 1. The second kappa shape index (κ2) is 5.78. The van der Waals surface area contributed by atoms with Crippen LogP contribution in [0.1, 0.15) is 33.6 Å². The van der Waals surface area contributed by atoms with Gasteiger partial charge < -0.3 is 9.84 Å². The molecule has 3 atom stereocenters. The van der Waals surface area contributed by atoms with Gasteiger partial charge in [-0.25, -0.2) is 4.79 Å². The van der Waals surface area contributed by atoms with Gasteiger partial charge in [0.05, 0.1) is 6.61 Å². The Hall–Kier alpha value is -0.970. The van der Waals surface area contributed by atoms with Crippen molar-refractivity contribution in [3.05, 3.63) is 11.6 Å². The number of ether oxygens (including phenoxy) is 1. The Morgan fingerprint density at radius 3 is 2.78 bits per heavy atom. The zero-order chi connectivity index (χ0) is 13.9. The molecule has 0 heterocycles. The molecule has 5 heteroatoms. The van der Waals surface area contributed by atoms with Crippen molar-refractivity contribution in [1.29, 1.82) is 0 Å². The molecule has 3 nitrogen and oxygen atoms in total. The van der Waals surface area contributed by atoms with E-state index in [9.17, 15) is 18.7 Å². The zero-order valence-corrected chi connectivity index (χ0v) is 11.0. The number of allylic oxidation sites excluding steroid dienone is 2. The van der Waals surface area contributed by atoms with Crippen molar-refractivity contribution in [1.82, 2.24) is 0 Å². The number of hydrogen-bond donors (Lipinski definition) is 1. The van der Waals surface area contributed by atoms with E-state index < -0.39 is 23.9 Å². The summed E-state index contributed by atoms with van der Waals surface area (Å²) >= 11 is 0. The zero-order valence-electron chi connectivity index (χ0n) is 11.0. The number of esters is 1. The van der Waals surface area contributed by atoms with Crippen LogP contribution in [0.15, 0.2) is 11.6 Å². The lowest BCUT2D eigenvalue weighted by molar-refractivity contribution is -0.194. The third kappa shape index (κ3) is 3.28. The van der Waals surface area contributed by atoms with Crippen molar-refractivity contribution >= 4 is 5.97 Å². The molecule has 0 aromatic rings. The lowest BCUT2D eigenvalue weighted by Crippen LogP contribution is -2.47. The van der Waals surface area contributed by atoms with Gasteiger partial charge in [0, 0.05) is 0 Å². The molecule has 0 fully saturated rings. The van der Waals surface area contributed by atoms with Crippen LogP contribution < -0.4 is 0 Å². The SMILES string of the molecule is CCOC(=O)C(F)(F)C(O)C1CC(C)=CC(C)C1. The van der Waals surface area contributed by atoms with Crippen molar-refractivity contribution in [2.24, 2.45) is 11.8 Å². The second-order valence-electron chi connectivity index (χ2n) is 4.98. The fourth-order valence-electron chi connectivity index (χ4n) is 2.48. The first-order chi connectivity index (χ1) is 8.28. The lowest BCUT2D eigenvalue weighted by atomic mass is 9.79. The Kier molecular flexibility index (Phi) is 4.85. The first-order valence-electron chi connectivity index (χ1n) is 6.19. The fraction of sp³-hybridized carbons (Fsp3) is 0.769. The van der Waals surface area contributed by atoms with Crippen molar-refractivity contribution in [3.63, 3.8) is 0 Å². The van der Waals surface area contributed by atoms with Crippen LogP contribution in [0.3, 0.4) is 0 Å². The summed E-state index contributed by atoms with van der Waals surface area (Å²) in [5.74, 6) is -5.95. The van der Waals surface area contributed by atoms with E-state index in [4.69, 9.17) is 0 Å². The summed E-state index contributed by atoms with van der Waals surface area (Å²) in [5, 5.41) is 9.76. The van der Waals surface area contributed by atoms with Gasteiger partial charge in [-0.1, -0.05) is 18.6 Å². The highest BCUT2D eigenvalue weighted by atomic mass is 19.3. The fourth-order valence-corrected chi connectivity index (χ4v) is 2.48. The predicted octanol–water partition coefficient (Wildman–Crippen LogP) is 2.54. The summed E-state index contributed by atoms with van der Waals surface area (Å²) < 4.78 is 31.7. The van der Waals surface area contributed by atoms with Gasteiger partial charge in [-0.2, -0.15) is 8.78 Å². The van der Waals surface area contributed by atoms with Crippen molar-refractivity contribution < 1.29 is 23.4 Å². The van der Waals surface area contributed by atoms with E-state index in [1.54, 1.807) is 0 Å². The number of carbonyl (C=O) groups is 1. The van der Waals surface area contributed by atoms with Gasteiger partial charge in [-0.15, -0.1) is 0 Å². The molecule has 0 spiro atoms. The number of halogens is 2. The average Bonchev–Trinajstić information content (AvgIpc) is 2.26. The number of alkyl halides is 2. The molecule has 1 aliphatic rings. The predicted molar refractivity (Wildman–Crippen MR) is 63.2 cm³/mol. The van der Waals surface area contributed by atoms with E-state index in [0.717, 1.165) is 5.57 Å². The molecule has 0 bridgehead atoms. The summed E-state index contributed by atoms with van der Waals surface area (Å²) in [6, 6.07) is 0. The van der Waals surface area contributed by atoms with E-state index >= 15 is 0 Å². The number of hydrogen-bond acceptors (Lipinski definition) is 3. The molecule has 1 rings (SSSR count). The summed E-state index contributed by atoms with van der Waals surface area (Å²) in [7, 11) is 0. The third-order valence-electron chi connectivity index (χ3n) is 3.19. The van der Waals surface area contributed by atoms with Crippen LogP contribution in [-0.4, -0.2) is 29.7 Å². The van der Waals surface area contributed by atoms with Gasteiger partial charge in [-0.05, 0) is 38.5 Å². The van der Waals surface area contributed by atoms with Crippen molar-refractivity contribution in [3.8, 4) is 0 Å². The van der Waals surface area contributed by atoms with E-state index in [-0.39, 0.29) is 12.5 Å². The summed E-state index contributed by atoms with van der Waals surface area (Å²) in [6.07, 6.45) is 0.863. The summed E-state index contributed by atoms with van der Waals surface area (Å²) in [4.78, 5) is 11.2. The minimum Gasteiger partial charge on any atom is -0.461 e. The van der Waals surface area contributed by atoms with Gasteiger partial charge >= 0.3 is 11.9 Å². The standard InChI is InChI=1S/C13H20F2O3/c1-4-18-12(17)13(14,15)11(16)10-6-8(2)5-9(3)7-10/h5,8,10-11,16H,4,6-7H2,1-3H3. The van der Waals surface area contributed by atoms with Gasteiger partial charge in [0.15, 0.2) is 0 Å². The number of aliphatic hydroxyl groups excluding tert-OH is 1. The highest BCUT2D eigenvalue weighted by Crippen LogP contribution is 2.36. The van der Waals surface area contributed by atoms with Crippen LogP contribution >= 0.6 is 0 Å². The Morgan fingerprint density at radius 1 is 1.67 bits per heavy atom. The van der Waals surface area contributed by atoms with Crippen molar-refractivity contribution in [2.45, 2.75) is 45.6 Å². The maximum Gasteiger partial charge on any atom is 0.379 e. The molecule has 0 saturated carbocycles. The van der Waals surface area contributed by atoms with E-state index in [1.165, 1.54) is 6.92 Å². The molecule has 18 heavy (non-hydrogen) atoms. The Labute approximate surface area is 106 Å². The Balaban J connectivity index is 2.77. The highest BCUT2D eigenvalue weighted by Gasteiger charge is 2.51. The largest absolute Gasteiger partial charge is 0.461 e. The third-order valence-corrected chi connectivity index (χ3v) is 3.19. The molecule has 0 saturated heterocycles. The highest BCUT2D eigenvalue weighted by molar-refractivity contribution is 5.78. The molecule has 0 aromatic carbocycles. The van der Waals surface area contributed by atoms with Crippen molar-refractivity contribution in [2.75, 3.05) is 6.61 Å². The number of rotatable bonds is 4. The van der Waals surface area contributed by atoms with Crippen LogP contribution in [0.25, 0.3) is 0 Å². The molecule has 0 aliphatic heterocycles. The van der Waals surface area contributed by atoms with Gasteiger partial charge in [0.1, 0.15) is 6.10 Å². The van der Waals surface area contributed by atoms with E-state index in [1.807, 2.05) is 19.9 Å². The molecule has 104 valence electrons. The molecular formula is C13H20F2O3. The van der Waals surface area contributed by atoms with E-state index in [0.29, 0.717) is 12.8 Å². The minimum atomic E-state index is -3.84. The Bertz CT molecular complexity index is 339. The molecule has 0 aromatic heterocycles. The molecule has 1 aliphatic carbocycles. The quantitative estimate of drug-likeness (QED) is 0.625. The summed E-state index contributed by atoms with van der Waals surface area (Å²) in [5.41, 5.74) is 0.970. The smallest absolute Gasteiger partial charge is 0.379 e. The molecular weight excluding hydrogens is 242 g/mol. The topological polar surface area (TPSA) is 46.5 Å². The Morgan fingerprint density at radius 2 is 2.28 bits per heavy atom. The van der Waals surface area contributed by atoms with Gasteiger partial charge in [0.25, 0.3) is 0 Å². The monoisotopic (exact) mass is 262 g/mol. The van der Waals surface area contributed by atoms with Crippen LogP contribution in [-0.2, 0) is 9.53 Å². The normalized spacial score (nSPS) is 26.4. The second-order valence-corrected chi connectivity index (χ2v) is 4.98. The van der Waals surface area contributed by atoms with E-state index in [2.05, 4.69) is 4.74 Å². The van der Waals surface area contributed by atoms with Crippen LogP contribution in [0.2, 0.25) is 0 Å². The van der Waals surface area contributed by atoms with Crippen LogP contribution in [0.4, 0.5) is 8.78 Å². The van der Waals surface area contributed by atoms with Gasteiger partial charge in [-0.3, -0.25) is 0 Å². The first kappa shape index (κ1) is 15.1. The summed E-state index contributed by atoms with van der Waals surface area (Å²) in [6.45, 7) is 5.08. The lowest BCUT2D eigenvalue weighted by Gasteiger charge is -2.32.